The number of aliphatic carboxylic acids is 1. The Labute approximate surface area is 369 Å². The van der Waals surface area contributed by atoms with E-state index in [2.05, 4.69) is 13.8 Å². The summed E-state index contributed by atoms with van der Waals surface area (Å²) in [4.78, 5) is 23.7. The van der Waals surface area contributed by atoms with E-state index in [9.17, 15) is 22.6 Å². The van der Waals surface area contributed by atoms with Gasteiger partial charge in [-0.1, -0.05) is 187 Å². The number of unbranched alkanes of at least 4 members (excludes halogenated alkanes) is 27. The van der Waals surface area contributed by atoms with Gasteiger partial charge >= 0.3 is 101 Å². The molecule has 0 heterocycles. The number of rotatable bonds is 36. The van der Waals surface area contributed by atoms with Crippen molar-refractivity contribution in [2.24, 2.45) is 0 Å². The first-order chi connectivity index (χ1) is 22.2. The molecule has 0 bridgehead atoms. The van der Waals surface area contributed by atoms with Gasteiger partial charge in [0.15, 0.2) is 5.25 Å². The normalized spacial score (nSPS) is 12.3. The van der Waals surface area contributed by atoms with E-state index < -0.39 is 39.8 Å². The molecule has 0 aromatic heterocycles. The molecule has 49 heavy (non-hydrogen) atoms. The second kappa shape index (κ2) is 42.6. The van der Waals surface area contributed by atoms with E-state index in [1.54, 1.807) is 0 Å². The number of esters is 1. The second-order valence-corrected chi connectivity index (χ2v) is 15.4. The van der Waals surface area contributed by atoms with Crippen LogP contribution in [0.5, 0.6) is 0 Å². The minimum absolute atomic E-state index is 0. The Morgan fingerprint density at radius 3 is 0.959 bits per heavy atom. The maximum atomic E-state index is 12.6. The number of ether oxygens (including phenoxy) is 1. The Morgan fingerprint density at radius 2 is 0.735 bits per heavy atom. The van der Waals surface area contributed by atoms with Gasteiger partial charge < -0.3 is 9.84 Å². The van der Waals surface area contributed by atoms with Crippen molar-refractivity contribution in [1.29, 1.82) is 0 Å². The van der Waals surface area contributed by atoms with Crippen molar-refractivity contribution < 1.29 is 32.4 Å². The topological polar surface area (TPSA) is 118 Å². The van der Waals surface area contributed by atoms with E-state index >= 15 is 0 Å². The van der Waals surface area contributed by atoms with Gasteiger partial charge in [-0.15, -0.1) is 0 Å². The van der Waals surface area contributed by atoms with Crippen LogP contribution in [0.3, 0.4) is 0 Å². The molecule has 0 fully saturated rings. The molecule has 7 nitrogen and oxygen atoms in total. The minimum atomic E-state index is -4.86. The zero-order valence-electron chi connectivity index (χ0n) is 30.1. The van der Waals surface area contributed by atoms with Crippen LogP contribution < -0.4 is 0 Å². The number of hydrogen-bond acceptors (Lipinski definition) is 5. The van der Waals surface area contributed by atoms with Crippen molar-refractivity contribution in [3.8, 4) is 0 Å². The van der Waals surface area contributed by atoms with E-state index in [1.807, 2.05) is 0 Å². The summed E-state index contributed by atoms with van der Waals surface area (Å²) in [6.07, 6.45) is 36.3. The third kappa shape index (κ3) is 40.9. The van der Waals surface area contributed by atoms with Gasteiger partial charge in [0.05, 0.1) is 6.42 Å². The second-order valence-electron chi connectivity index (χ2n) is 13.8. The fraction of sp³-hybridized carbons (Fsp3) is 0.947. The molecule has 0 radical (unpaired) electrons. The predicted octanol–water partition coefficient (Wildman–Crippen LogP) is 9.82. The number of carboxylic acid groups (broad SMARTS) is 1. The summed E-state index contributed by atoms with van der Waals surface area (Å²) in [5.41, 5.74) is 0. The molecule has 2 N–H and O–H groups in total. The molecule has 0 aromatic rings. The van der Waals surface area contributed by atoms with Gasteiger partial charge in [-0.3, -0.25) is 14.1 Å². The molecule has 0 aliphatic rings. The van der Waals surface area contributed by atoms with Gasteiger partial charge in [0.1, 0.15) is 6.10 Å². The van der Waals surface area contributed by atoms with Gasteiger partial charge in [0, 0.05) is 0 Å². The molecule has 0 saturated carbocycles. The first kappa shape index (κ1) is 57.6. The van der Waals surface area contributed by atoms with Crippen molar-refractivity contribution in [1.82, 2.24) is 0 Å². The molecule has 0 rings (SSSR count). The summed E-state index contributed by atoms with van der Waals surface area (Å²) in [6, 6.07) is 0. The fourth-order valence-corrected chi connectivity index (χ4v) is 6.93. The first-order valence-corrected chi connectivity index (χ1v) is 21.1. The molecule has 0 aliphatic carbocycles. The molecule has 0 aromatic carbocycles. The standard InChI is InChI=1S/C38H74O7S.3Na.3H/c1-3-5-7-9-11-13-15-17-19-21-23-25-27-29-31-33-35(45-38(41)36(34-37(39)40)46(42,43)44)32-30-28-26-24-22-20-18-16-14-12-10-8-6-4-2;;;;;;/h35-36H,3-34H2,1-2H3,(H,39,40)(H,42,43,44);;;;;;. The summed E-state index contributed by atoms with van der Waals surface area (Å²) < 4.78 is 38.3. The Balaban J connectivity index is -0.00000337. The maximum absolute atomic E-state index is 12.6. The third-order valence-electron chi connectivity index (χ3n) is 9.27. The molecule has 0 saturated heterocycles. The van der Waals surface area contributed by atoms with Crippen LogP contribution in [-0.2, 0) is 24.4 Å². The van der Waals surface area contributed by atoms with Crippen LogP contribution in [0.25, 0.3) is 0 Å². The summed E-state index contributed by atoms with van der Waals surface area (Å²) in [7, 11) is -4.86. The van der Waals surface area contributed by atoms with Crippen LogP contribution >= 0.6 is 0 Å². The summed E-state index contributed by atoms with van der Waals surface area (Å²) in [5, 5.41) is 6.96. The van der Waals surface area contributed by atoms with Crippen molar-refractivity contribution in [3.63, 3.8) is 0 Å². The van der Waals surface area contributed by atoms with Crippen molar-refractivity contribution in [3.05, 3.63) is 0 Å². The SMILES string of the molecule is CCCCCCCCCCCCCCCCCC(CCCCCCCCCCCCCCCC)OC(=O)C(CC(=O)O)S(=O)(=O)O.[NaH].[NaH].[NaH]. The van der Waals surface area contributed by atoms with Gasteiger partial charge in [-0.25, -0.2) is 0 Å². The summed E-state index contributed by atoms with van der Waals surface area (Å²) >= 11 is 0. The van der Waals surface area contributed by atoms with Gasteiger partial charge in [-0.2, -0.15) is 8.42 Å². The molecule has 2 unspecified atom stereocenters. The summed E-state index contributed by atoms with van der Waals surface area (Å²) in [5.74, 6) is -2.62. The monoisotopic (exact) mass is 747 g/mol. The van der Waals surface area contributed by atoms with E-state index in [-0.39, 0.29) is 88.7 Å². The van der Waals surface area contributed by atoms with E-state index in [0.717, 1.165) is 38.5 Å². The fourth-order valence-electron chi connectivity index (χ4n) is 6.28. The average molecular weight is 747 g/mol. The van der Waals surface area contributed by atoms with Crippen LogP contribution in [0.2, 0.25) is 0 Å². The molecule has 0 amide bonds. The Morgan fingerprint density at radius 1 is 0.490 bits per heavy atom. The molecule has 11 heteroatoms. The van der Waals surface area contributed by atoms with Crippen LogP contribution in [0.4, 0.5) is 0 Å². The Kier molecular flexibility index (Phi) is 50.0. The molecule has 0 spiro atoms. The van der Waals surface area contributed by atoms with Crippen molar-refractivity contribution in [2.45, 2.75) is 231 Å². The molecular weight excluding hydrogens is 669 g/mol. The van der Waals surface area contributed by atoms with E-state index in [4.69, 9.17) is 9.84 Å². The zero-order chi connectivity index (χ0) is 34.1. The Bertz CT molecular complexity index is 815. The first-order valence-electron chi connectivity index (χ1n) is 19.6. The average Bonchev–Trinajstić information content (AvgIpc) is 3.01. The number of carboxylic acids is 1. The number of carbonyl (C=O) groups is 2. The number of hydrogen-bond donors (Lipinski definition) is 2. The van der Waals surface area contributed by atoms with E-state index in [1.165, 1.54) is 148 Å². The molecule has 2 atom stereocenters. The quantitative estimate of drug-likeness (QED) is 0.0284. The molecular formula is C38H77Na3O7S. The van der Waals surface area contributed by atoms with Crippen LogP contribution in [0.1, 0.15) is 219 Å². The number of carbonyl (C=O) groups excluding carboxylic acids is 1. The predicted molar refractivity (Wildman–Crippen MR) is 213 cm³/mol. The third-order valence-corrected chi connectivity index (χ3v) is 10.4. The molecule has 0 aliphatic heterocycles. The van der Waals surface area contributed by atoms with Gasteiger partial charge in [-0.05, 0) is 25.7 Å². The van der Waals surface area contributed by atoms with Crippen molar-refractivity contribution in [2.75, 3.05) is 0 Å². The van der Waals surface area contributed by atoms with Crippen molar-refractivity contribution >= 4 is 111 Å². The zero-order valence-corrected chi connectivity index (χ0v) is 30.9. The Hall–Kier alpha value is 1.85. The van der Waals surface area contributed by atoms with Crippen LogP contribution in [0.15, 0.2) is 0 Å². The van der Waals surface area contributed by atoms with Crippen LogP contribution in [-0.4, -0.2) is 130 Å². The van der Waals surface area contributed by atoms with Gasteiger partial charge in [0.25, 0.3) is 10.1 Å². The van der Waals surface area contributed by atoms with Crippen LogP contribution in [0, 0.1) is 0 Å². The van der Waals surface area contributed by atoms with Gasteiger partial charge in [0.2, 0.25) is 0 Å². The molecule has 280 valence electrons. The van der Waals surface area contributed by atoms with E-state index in [0.29, 0.717) is 12.8 Å². The summed E-state index contributed by atoms with van der Waals surface area (Å²) in [6.45, 7) is 4.51.